The van der Waals surface area contributed by atoms with Crippen molar-refractivity contribution in [3.8, 4) is 5.75 Å². The normalized spacial score (nSPS) is 13.7. The van der Waals surface area contributed by atoms with Crippen LogP contribution in [0.25, 0.3) is 5.57 Å². The smallest absolute Gasteiger partial charge is 0.294 e. The minimum Gasteiger partial charge on any atom is -0.508 e. The van der Waals surface area contributed by atoms with E-state index < -0.39 is 20.2 Å². The average molecular weight is 700 g/mol. The van der Waals surface area contributed by atoms with Crippen molar-refractivity contribution in [3.05, 3.63) is 149 Å². The highest BCUT2D eigenvalue weighted by molar-refractivity contribution is 7.86. The van der Waals surface area contributed by atoms with E-state index in [4.69, 9.17) is 0 Å². The number of aromatic hydroxyl groups is 1. The van der Waals surface area contributed by atoms with E-state index in [-0.39, 0.29) is 21.6 Å². The fraction of sp³-hybridized carbons (Fsp3) is 0.184. The van der Waals surface area contributed by atoms with Crippen LogP contribution in [0.15, 0.2) is 131 Å². The van der Waals surface area contributed by atoms with Crippen molar-refractivity contribution < 1.29 is 35.6 Å². The first-order chi connectivity index (χ1) is 23.3. The molecule has 0 radical (unpaired) electrons. The van der Waals surface area contributed by atoms with Crippen molar-refractivity contribution in [1.29, 1.82) is 0 Å². The fourth-order valence-corrected chi connectivity index (χ4v) is 6.99. The molecule has 1 unspecified atom stereocenters. The zero-order chi connectivity index (χ0) is 35.3. The van der Waals surface area contributed by atoms with Gasteiger partial charge >= 0.3 is 0 Å². The van der Waals surface area contributed by atoms with Crippen LogP contribution in [-0.2, 0) is 26.8 Å². The number of nitrogens with zero attached hydrogens (tertiary/aromatic N) is 1. The van der Waals surface area contributed by atoms with E-state index in [9.17, 15) is 31.0 Å². The van der Waals surface area contributed by atoms with Gasteiger partial charge in [-0.05, 0) is 114 Å². The molecular formula is C38H39N2O7S2+. The maximum absolute atomic E-state index is 11.7. The predicted octanol–water partition coefficient (Wildman–Crippen LogP) is 7.36. The lowest BCUT2D eigenvalue weighted by atomic mass is 9.88. The van der Waals surface area contributed by atoms with Crippen LogP contribution in [0.5, 0.6) is 5.75 Å². The van der Waals surface area contributed by atoms with Crippen LogP contribution >= 0.6 is 0 Å². The Hall–Kier alpha value is -4.81. The van der Waals surface area contributed by atoms with E-state index in [1.165, 1.54) is 24.3 Å². The second kappa shape index (κ2) is 14.8. The summed E-state index contributed by atoms with van der Waals surface area (Å²) in [6, 6.07) is 25.6. The first kappa shape index (κ1) is 35.5. The summed E-state index contributed by atoms with van der Waals surface area (Å²) in [6.07, 6.45) is 8.78. The molecule has 9 nitrogen and oxygen atoms in total. The van der Waals surface area contributed by atoms with Crippen molar-refractivity contribution in [3.63, 3.8) is 0 Å². The molecule has 5 rings (SSSR count). The molecule has 4 aromatic rings. The van der Waals surface area contributed by atoms with Crippen LogP contribution in [0, 0.1) is 6.92 Å². The molecule has 4 N–H and O–H groups in total. The lowest BCUT2D eigenvalue weighted by Gasteiger charge is -2.20. The van der Waals surface area contributed by atoms with Gasteiger partial charge in [0.05, 0.1) is 15.8 Å². The number of benzene rings is 4. The number of hydrogen-bond acceptors (Lipinski definition) is 6. The molecule has 0 saturated heterocycles. The number of nitrogens with one attached hydrogen (secondary N) is 1. The van der Waals surface area contributed by atoms with Gasteiger partial charge in [-0.15, -0.1) is 0 Å². The van der Waals surface area contributed by atoms with Gasteiger partial charge in [0.2, 0.25) is 0 Å². The van der Waals surface area contributed by atoms with Gasteiger partial charge in [-0.3, -0.25) is 9.11 Å². The molecule has 0 bridgehead atoms. The summed E-state index contributed by atoms with van der Waals surface area (Å²) in [4.78, 5) is -0.291. The molecular weight excluding hydrogens is 661 g/mol. The third-order valence-electron chi connectivity index (χ3n) is 8.43. The monoisotopic (exact) mass is 699 g/mol. The van der Waals surface area contributed by atoms with Gasteiger partial charge in [-0.1, -0.05) is 49.4 Å². The predicted molar refractivity (Wildman–Crippen MR) is 192 cm³/mol. The molecule has 4 aromatic carbocycles. The first-order valence-electron chi connectivity index (χ1n) is 15.8. The molecule has 1 aliphatic carbocycles. The number of rotatable bonds is 11. The van der Waals surface area contributed by atoms with Crippen LogP contribution in [0.3, 0.4) is 0 Å². The van der Waals surface area contributed by atoms with Crippen molar-refractivity contribution in [2.75, 3.05) is 11.9 Å². The topological polar surface area (TPSA) is 144 Å². The van der Waals surface area contributed by atoms with Crippen LogP contribution in [-0.4, -0.2) is 47.9 Å². The van der Waals surface area contributed by atoms with Gasteiger partial charge in [0.1, 0.15) is 12.3 Å². The SMILES string of the molecule is CCC(Nc1ccc(C(=C2C=CC(=[N+](CC)Cc3cccc(S(=O)(=O)O)c3)C=C2)c2ccc(O)cc2C)cc1)c1cccc(S(=O)(=O)O)c1. The summed E-state index contributed by atoms with van der Waals surface area (Å²) in [5.41, 5.74) is 7.98. The molecule has 0 aliphatic heterocycles. The lowest BCUT2D eigenvalue weighted by molar-refractivity contribution is -0.539. The Bertz CT molecular complexity index is 2200. The van der Waals surface area contributed by atoms with Crippen molar-refractivity contribution >= 4 is 37.2 Å². The van der Waals surface area contributed by atoms with Gasteiger partial charge in [0.25, 0.3) is 20.2 Å². The molecule has 0 saturated carbocycles. The molecule has 1 atom stereocenters. The van der Waals surface area contributed by atoms with E-state index in [2.05, 4.69) is 9.89 Å². The summed E-state index contributed by atoms with van der Waals surface area (Å²) in [5, 5.41) is 13.6. The number of allylic oxidation sites excluding steroid dienone is 5. The third-order valence-corrected chi connectivity index (χ3v) is 10.1. The van der Waals surface area contributed by atoms with Crippen LogP contribution in [0.2, 0.25) is 0 Å². The Labute approximate surface area is 287 Å². The Morgan fingerprint density at radius 1 is 0.776 bits per heavy atom. The minimum absolute atomic E-state index is 0.141. The second-order valence-corrected chi connectivity index (χ2v) is 14.6. The molecule has 254 valence electrons. The first-order valence-corrected chi connectivity index (χ1v) is 18.7. The zero-order valence-corrected chi connectivity index (χ0v) is 29.0. The average Bonchev–Trinajstić information content (AvgIpc) is 3.07. The number of hydrogen-bond donors (Lipinski definition) is 4. The summed E-state index contributed by atoms with van der Waals surface area (Å²) >= 11 is 0. The quantitative estimate of drug-likeness (QED) is 0.0940. The van der Waals surface area contributed by atoms with E-state index in [0.717, 1.165) is 50.4 Å². The molecule has 0 heterocycles. The number of anilines is 1. The summed E-state index contributed by atoms with van der Waals surface area (Å²) < 4.78 is 67.8. The molecule has 11 heteroatoms. The molecule has 0 aromatic heterocycles. The van der Waals surface area contributed by atoms with Crippen molar-refractivity contribution in [1.82, 2.24) is 0 Å². The van der Waals surface area contributed by atoms with Gasteiger partial charge in [0, 0.05) is 23.4 Å². The molecule has 0 spiro atoms. The van der Waals surface area contributed by atoms with Crippen molar-refractivity contribution in [2.45, 2.75) is 49.6 Å². The van der Waals surface area contributed by atoms with Gasteiger partial charge < -0.3 is 10.4 Å². The van der Waals surface area contributed by atoms with Gasteiger partial charge in [0.15, 0.2) is 12.3 Å². The maximum Gasteiger partial charge on any atom is 0.294 e. The highest BCUT2D eigenvalue weighted by Gasteiger charge is 2.19. The fourth-order valence-electron chi connectivity index (χ4n) is 5.90. The second-order valence-electron chi connectivity index (χ2n) is 11.8. The molecule has 1 aliphatic rings. The Morgan fingerprint density at radius 3 is 2.00 bits per heavy atom. The summed E-state index contributed by atoms with van der Waals surface area (Å²) in [5.74, 6) is 0.177. The largest absolute Gasteiger partial charge is 0.508 e. The van der Waals surface area contributed by atoms with E-state index in [1.54, 1.807) is 24.3 Å². The zero-order valence-electron chi connectivity index (χ0n) is 27.4. The maximum atomic E-state index is 11.7. The highest BCUT2D eigenvalue weighted by Crippen LogP contribution is 2.34. The number of phenols is 1. The van der Waals surface area contributed by atoms with Crippen LogP contribution in [0.1, 0.15) is 54.1 Å². The van der Waals surface area contributed by atoms with Gasteiger partial charge in [-0.2, -0.15) is 16.8 Å². The number of phenolic OH excluding ortho intramolecular Hbond substituents is 1. The standard InChI is InChI=1S/C38H38N2O7S2/c1-4-37(30-9-7-11-35(24-30)49(45,46)47)39-31-16-12-28(13-17-31)38(36-21-20-33(41)22-26(36)3)29-14-18-32(19-15-29)40(5-2)25-27-8-6-10-34(23-27)48(42,43)44/h6-24,37H,4-5,25H2,1-3H3,(H3,39,41,42,43,44,45,46,47)/p+1. The molecule has 0 fully saturated rings. The number of aryl methyl sites for hydroxylation is 1. The molecule has 0 amide bonds. The van der Waals surface area contributed by atoms with E-state index in [0.29, 0.717) is 19.5 Å². The third kappa shape index (κ3) is 8.62. The Morgan fingerprint density at radius 2 is 1.41 bits per heavy atom. The summed E-state index contributed by atoms with van der Waals surface area (Å²) in [6.45, 7) is 7.06. The minimum atomic E-state index is -4.32. The summed E-state index contributed by atoms with van der Waals surface area (Å²) in [7, 11) is -8.63. The Kier molecular flexibility index (Phi) is 10.7. The Balaban J connectivity index is 1.48. The lowest BCUT2D eigenvalue weighted by Crippen LogP contribution is -2.19. The van der Waals surface area contributed by atoms with E-state index >= 15 is 0 Å². The van der Waals surface area contributed by atoms with Crippen molar-refractivity contribution in [2.24, 2.45) is 0 Å². The molecule has 49 heavy (non-hydrogen) atoms. The van der Waals surface area contributed by atoms with E-state index in [1.807, 2.05) is 87.5 Å². The van der Waals surface area contributed by atoms with Gasteiger partial charge in [-0.25, -0.2) is 4.58 Å². The van der Waals surface area contributed by atoms with Crippen LogP contribution in [0.4, 0.5) is 5.69 Å². The van der Waals surface area contributed by atoms with Crippen LogP contribution < -0.4 is 5.32 Å². The highest BCUT2D eigenvalue weighted by atomic mass is 32.2.